The van der Waals surface area contributed by atoms with E-state index in [0.29, 0.717) is 29.4 Å². The standard InChI is InChI=1S/C12H16ClIN2O2.ClH/c1-7(5-15)6-16-12(17)8-3-9(13)10(14)4-11(8)18-2;/h3-4,7H,5-6,15H2,1-2H3,(H,16,17);1H. The summed E-state index contributed by atoms with van der Waals surface area (Å²) >= 11 is 8.10. The molecule has 1 aromatic carbocycles. The predicted molar refractivity (Wildman–Crippen MR) is 88.5 cm³/mol. The lowest BCUT2D eigenvalue weighted by Crippen LogP contribution is -2.31. The second-order valence-electron chi connectivity index (χ2n) is 4.02. The van der Waals surface area contributed by atoms with Crippen LogP contribution >= 0.6 is 46.6 Å². The van der Waals surface area contributed by atoms with Crippen LogP contribution in [0, 0.1) is 9.49 Å². The lowest BCUT2D eigenvalue weighted by Gasteiger charge is -2.13. The third-order valence-corrected chi connectivity index (χ3v) is 4.02. The SMILES string of the molecule is COc1cc(I)c(Cl)cc1C(=O)NCC(C)CN.Cl. The highest BCUT2D eigenvalue weighted by molar-refractivity contribution is 14.1. The lowest BCUT2D eigenvalue weighted by molar-refractivity contribution is 0.0945. The summed E-state index contributed by atoms with van der Waals surface area (Å²) in [5.41, 5.74) is 5.94. The maximum atomic E-state index is 12.0. The molecule has 1 amide bonds. The van der Waals surface area contributed by atoms with E-state index >= 15 is 0 Å². The van der Waals surface area contributed by atoms with E-state index in [4.69, 9.17) is 22.1 Å². The first-order chi connectivity index (χ1) is 8.49. The number of ether oxygens (including phenoxy) is 1. The first kappa shape index (κ1) is 18.8. The van der Waals surface area contributed by atoms with Gasteiger partial charge >= 0.3 is 0 Å². The molecule has 4 nitrogen and oxygen atoms in total. The number of carbonyl (C=O) groups excluding carboxylic acids is 1. The van der Waals surface area contributed by atoms with Gasteiger partial charge in [0.15, 0.2) is 0 Å². The van der Waals surface area contributed by atoms with E-state index in [2.05, 4.69) is 27.9 Å². The summed E-state index contributed by atoms with van der Waals surface area (Å²) in [5.74, 6) is 0.548. The minimum absolute atomic E-state index is 0. The fourth-order valence-electron chi connectivity index (χ4n) is 1.32. The van der Waals surface area contributed by atoms with Crippen molar-refractivity contribution in [2.45, 2.75) is 6.92 Å². The topological polar surface area (TPSA) is 64.3 Å². The largest absolute Gasteiger partial charge is 0.496 e. The first-order valence-electron chi connectivity index (χ1n) is 5.50. The molecule has 1 aromatic rings. The van der Waals surface area contributed by atoms with Gasteiger partial charge in [-0.1, -0.05) is 18.5 Å². The number of benzene rings is 1. The van der Waals surface area contributed by atoms with Crippen molar-refractivity contribution in [1.29, 1.82) is 0 Å². The molecule has 0 heterocycles. The molecule has 0 saturated carbocycles. The smallest absolute Gasteiger partial charge is 0.255 e. The highest BCUT2D eigenvalue weighted by Crippen LogP contribution is 2.28. The van der Waals surface area contributed by atoms with Crippen molar-refractivity contribution < 1.29 is 9.53 Å². The summed E-state index contributed by atoms with van der Waals surface area (Å²) < 4.78 is 6.03. The second kappa shape index (κ2) is 8.84. The monoisotopic (exact) mass is 418 g/mol. The van der Waals surface area contributed by atoms with Gasteiger partial charge in [-0.3, -0.25) is 4.79 Å². The molecule has 0 bridgehead atoms. The quantitative estimate of drug-likeness (QED) is 0.722. The molecule has 7 heteroatoms. The Kier molecular flexibility index (Phi) is 8.73. The van der Waals surface area contributed by atoms with Crippen LogP contribution in [0.1, 0.15) is 17.3 Å². The van der Waals surface area contributed by atoms with Crippen molar-refractivity contribution in [3.05, 3.63) is 26.3 Å². The van der Waals surface area contributed by atoms with E-state index in [1.165, 1.54) is 7.11 Å². The molecule has 1 atom stereocenters. The summed E-state index contributed by atoms with van der Waals surface area (Å²) in [5, 5.41) is 3.35. The molecule has 0 aliphatic heterocycles. The zero-order chi connectivity index (χ0) is 13.7. The molecule has 0 radical (unpaired) electrons. The first-order valence-corrected chi connectivity index (χ1v) is 6.96. The maximum Gasteiger partial charge on any atom is 0.255 e. The Hall–Kier alpha value is -0.240. The molecule has 3 N–H and O–H groups in total. The Morgan fingerprint density at radius 1 is 1.58 bits per heavy atom. The predicted octanol–water partition coefficient (Wildman–Crippen LogP) is 2.70. The van der Waals surface area contributed by atoms with E-state index in [1.54, 1.807) is 12.1 Å². The number of halogens is 3. The number of hydrogen-bond acceptors (Lipinski definition) is 3. The van der Waals surface area contributed by atoms with Gasteiger partial charge in [0.25, 0.3) is 5.91 Å². The van der Waals surface area contributed by atoms with Gasteiger partial charge in [0.2, 0.25) is 0 Å². The van der Waals surface area contributed by atoms with E-state index in [-0.39, 0.29) is 24.2 Å². The van der Waals surface area contributed by atoms with Gasteiger partial charge in [-0.2, -0.15) is 0 Å². The number of rotatable bonds is 5. The highest BCUT2D eigenvalue weighted by Gasteiger charge is 2.15. The average molecular weight is 419 g/mol. The van der Waals surface area contributed by atoms with Gasteiger partial charge in [-0.15, -0.1) is 12.4 Å². The maximum absolute atomic E-state index is 12.0. The lowest BCUT2D eigenvalue weighted by atomic mass is 10.1. The van der Waals surface area contributed by atoms with E-state index in [9.17, 15) is 4.79 Å². The van der Waals surface area contributed by atoms with Crippen LogP contribution in [-0.4, -0.2) is 26.1 Å². The van der Waals surface area contributed by atoms with Crippen molar-refractivity contribution >= 4 is 52.5 Å². The Bertz CT molecular complexity index is 444. The summed E-state index contributed by atoms with van der Waals surface area (Å²) in [7, 11) is 1.53. The molecule has 0 spiro atoms. The highest BCUT2D eigenvalue weighted by atomic mass is 127. The van der Waals surface area contributed by atoms with Crippen molar-refractivity contribution in [3.63, 3.8) is 0 Å². The Morgan fingerprint density at radius 2 is 2.21 bits per heavy atom. The van der Waals surface area contributed by atoms with Crippen molar-refractivity contribution in [3.8, 4) is 5.75 Å². The fourth-order valence-corrected chi connectivity index (χ4v) is 1.92. The third-order valence-electron chi connectivity index (χ3n) is 2.50. The number of nitrogens with two attached hydrogens (primary N) is 1. The van der Waals surface area contributed by atoms with Gasteiger partial charge in [0.05, 0.1) is 17.7 Å². The molecular weight excluding hydrogens is 402 g/mol. The van der Waals surface area contributed by atoms with Crippen LogP contribution in [0.4, 0.5) is 0 Å². The molecule has 1 unspecified atom stereocenters. The zero-order valence-corrected chi connectivity index (χ0v) is 14.4. The van der Waals surface area contributed by atoms with Crippen LogP contribution in [-0.2, 0) is 0 Å². The average Bonchev–Trinajstić information content (AvgIpc) is 2.37. The summed E-state index contributed by atoms with van der Waals surface area (Å²) in [6.45, 7) is 3.03. The molecule has 0 aromatic heterocycles. The molecule has 0 saturated heterocycles. The Balaban J connectivity index is 0.00000324. The molecule has 1 rings (SSSR count). The normalized spacial score (nSPS) is 11.4. The molecule has 19 heavy (non-hydrogen) atoms. The van der Waals surface area contributed by atoms with Gasteiger partial charge < -0.3 is 15.8 Å². The fraction of sp³-hybridized carbons (Fsp3) is 0.417. The summed E-state index contributed by atoms with van der Waals surface area (Å²) in [6.07, 6.45) is 0. The number of amides is 1. The van der Waals surface area contributed by atoms with Crippen LogP contribution in [0.25, 0.3) is 0 Å². The van der Waals surface area contributed by atoms with Crippen LogP contribution in [0.3, 0.4) is 0 Å². The van der Waals surface area contributed by atoms with Gasteiger partial charge in [0.1, 0.15) is 5.75 Å². The van der Waals surface area contributed by atoms with Crippen LogP contribution in [0.5, 0.6) is 5.75 Å². The van der Waals surface area contributed by atoms with E-state index in [1.807, 2.05) is 6.92 Å². The Morgan fingerprint density at radius 3 is 2.74 bits per heavy atom. The van der Waals surface area contributed by atoms with E-state index in [0.717, 1.165) is 3.57 Å². The Labute approximate surface area is 138 Å². The molecule has 108 valence electrons. The molecule has 0 aliphatic rings. The molecule has 0 fully saturated rings. The third kappa shape index (κ3) is 5.33. The number of nitrogens with one attached hydrogen (secondary N) is 1. The minimum Gasteiger partial charge on any atom is -0.496 e. The number of hydrogen-bond donors (Lipinski definition) is 2. The number of methoxy groups -OCH3 is 1. The number of carbonyl (C=O) groups is 1. The van der Waals surface area contributed by atoms with Crippen molar-refractivity contribution in [2.24, 2.45) is 11.7 Å². The molecular formula is C12H17Cl2IN2O2. The van der Waals surface area contributed by atoms with Gasteiger partial charge in [-0.05, 0) is 47.2 Å². The van der Waals surface area contributed by atoms with Crippen LogP contribution in [0.2, 0.25) is 5.02 Å². The zero-order valence-electron chi connectivity index (χ0n) is 10.7. The minimum atomic E-state index is -0.203. The van der Waals surface area contributed by atoms with Crippen LogP contribution < -0.4 is 15.8 Å². The van der Waals surface area contributed by atoms with E-state index < -0.39 is 0 Å². The van der Waals surface area contributed by atoms with Crippen molar-refractivity contribution in [2.75, 3.05) is 20.2 Å². The molecule has 0 aliphatic carbocycles. The van der Waals surface area contributed by atoms with Crippen LogP contribution in [0.15, 0.2) is 12.1 Å². The summed E-state index contributed by atoms with van der Waals surface area (Å²) in [6, 6.07) is 3.36. The van der Waals surface area contributed by atoms with Gasteiger partial charge in [-0.25, -0.2) is 0 Å². The van der Waals surface area contributed by atoms with Crippen molar-refractivity contribution in [1.82, 2.24) is 5.32 Å². The summed E-state index contributed by atoms with van der Waals surface area (Å²) in [4.78, 5) is 12.0. The second-order valence-corrected chi connectivity index (χ2v) is 5.59. The van der Waals surface area contributed by atoms with Gasteiger partial charge in [0, 0.05) is 10.1 Å².